The standard InChI is InChI=1S/C9H10N2OS/c10-7-1-3-8(4-2-7)12-9(11)5-6-13/h1-6H,10-11H2/b9-5+. The number of nitrogens with two attached hydrogens (primary N) is 2. The van der Waals surface area contributed by atoms with Gasteiger partial charge in [0.1, 0.15) is 5.75 Å². The molecular formula is C9H10N2OS. The third-order valence-corrected chi connectivity index (χ3v) is 1.48. The number of benzene rings is 1. The number of hydrogen-bond donors (Lipinski definition) is 2. The van der Waals surface area contributed by atoms with Crippen LogP contribution in [-0.4, -0.2) is 5.37 Å². The smallest absolute Gasteiger partial charge is 0.191 e. The average molecular weight is 194 g/mol. The highest BCUT2D eigenvalue weighted by Gasteiger charge is 1.93. The molecule has 1 rings (SSSR count). The van der Waals surface area contributed by atoms with E-state index in [4.69, 9.17) is 16.2 Å². The van der Waals surface area contributed by atoms with E-state index in [-0.39, 0.29) is 5.88 Å². The molecule has 0 saturated carbocycles. The molecule has 0 radical (unpaired) electrons. The summed E-state index contributed by atoms with van der Waals surface area (Å²) in [6, 6.07) is 6.94. The highest BCUT2D eigenvalue weighted by atomic mass is 32.1. The number of hydrogen-bond acceptors (Lipinski definition) is 4. The molecule has 4 heteroatoms. The van der Waals surface area contributed by atoms with Gasteiger partial charge in [-0.15, -0.1) is 0 Å². The van der Waals surface area contributed by atoms with Crippen molar-refractivity contribution in [3.63, 3.8) is 0 Å². The van der Waals surface area contributed by atoms with E-state index in [1.165, 1.54) is 11.4 Å². The molecule has 0 unspecified atom stereocenters. The molecule has 1 aromatic rings. The first-order valence-electron chi connectivity index (χ1n) is 3.66. The zero-order valence-electron chi connectivity index (χ0n) is 6.94. The molecule has 4 N–H and O–H groups in total. The molecule has 0 aliphatic carbocycles. The van der Waals surface area contributed by atoms with Gasteiger partial charge in [-0.05, 0) is 24.3 Å². The largest absolute Gasteiger partial charge is 0.442 e. The van der Waals surface area contributed by atoms with Gasteiger partial charge in [0.2, 0.25) is 0 Å². The summed E-state index contributed by atoms with van der Waals surface area (Å²) < 4.78 is 5.20. The Morgan fingerprint density at radius 2 is 1.92 bits per heavy atom. The minimum Gasteiger partial charge on any atom is -0.442 e. The van der Waals surface area contributed by atoms with Crippen molar-refractivity contribution in [2.24, 2.45) is 5.73 Å². The van der Waals surface area contributed by atoms with Gasteiger partial charge in [-0.25, -0.2) is 0 Å². The molecule has 0 aromatic heterocycles. The predicted molar refractivity (Wildman–Crippen MR) is 57.4 cm³/mol. The van der Waals surface area contributed by atoms with Crippen LogP contribution in [0.3, 0.4) is 0 Å². The van der Waals surface area contributed by atoms with E-state index in [0.29, 0.717) is 11.4 Å². The van der Waals surface area contributed by atoms with Gasteiger partial charge in [-0.3, -0.25) is 0 Å². The maximum absolute atomic E-state index is 5.49. The fraction of sp³-hybridized carbons (Fsp3) is 0. The topological polar surface area (TPSA) is 61.3 Å². The Morgan fingerprint density at radius 1 is 1.31 bits per heavy atom. The zero-order chi connectivity index (χ0) is 9.68. The maximum Gasteiger partial charge on any atom is 0.191 e. The van der Waals surface area contributed by atoms with Crippen LogP contribution < -0.4 is 16.2 Å². The maximum atomic E-state index is 5.49. The number of anilines is 1. The molecule has 0 heterocycles. The molecule has 0 aliphatic heterocycles. The summed E-state index contributed by atoms with van der Waals surface area (Å²) in [6.45, 7) is 0. The molecule has 0 amide bonds. The minimum atomic E-state index is 0.264. The van der Waals surface area contributed by atoms with E-state index < -0.39 is 0 Å². The van der Waals surface area contributed by atoms with Gasteiger partial charge in [0.05, 0.1) is 0 Å². The number of thiocarbonyl (C=S) groups is 1. The Labute approximate surface area is 82.0 Å². The van der Waals surface area contributed by atoms with E-state index in [1.807, 2.05) is 0 Å². The van der Waals surface area contributed by atoms with Crippen LogP contribution in [0, 0.1) is 0 Å². The third-order valence-electron chi connectivity index (χ3n) is 1.35. The fourth-order valence-corrected chi connectivity index (χ4v) is 0.907. The summed E-state index contributed by atoms with van der Waals surface area (Å²) in [4.78, 5) is 0. The number of ether oxygens (including phenoxy) is 1. The molecular weight excluding hydrogens is 184 g/mol. The Morgan fingerprint density at radius 3 is 2.46 bits per heavy atom. The van der Waals surface area contributed by atoms with Crippen LogP contribution in [0.1, 0.15) is 0 Å². The Bertz CT molecular complexity index is 319. The number of allylic oxidation sites excluding steroid dienone is 1. The Balaban J connectivity index is 2.69. The predicted octanol–water partition coefficient (Wildman–Crippen LogP) is 1.45. The van der Waals surface area contributed by atoms with Crippen LogP contribution >= 0.6 is 12.2 Å². The highest BCUT2D eigenvalue weighted by molar-refractivity contribution is 7.79. The van der Waals surface area contributed by atoms with Crippen molar-refractivity contribution in [1.82, 2.24) is 0 Å². The van der Waals surface area contributed by atoms with Crippen LogP contribution in [0.4, 0.5) is 5.69 Å². The second kappa shape index (κ2) is 4.47. The molecule has 0 saturated heterocycles. The van der Waals surface area contributed by atoms with Crippen molar-refractivity contribution < 1.29 is 4.74 Å². The summed E-state index contributed by atoms with van der Waals surface area (Å²) in [6.07, 6.45) is 1.51. The minimum absolute atomic E-state index is 0.264. The first-order chi connectivity index (χ1) is 6.22. The van der Waals surface area contributed by atoms with Gasteiger partial charge in [0.25, 0.3) is 0 Å². The number of nitrogen functional groups attached to an aromatic ring is 1. The van der Waals surface area contributed by atoms with Gasteiger partial charge in [0, 0.05) is 17.1 Å². The van der Waals surface area contributed by atoms with Crippen molar-refractivity contribution in [1.29, 1.82) is 0 Å². The molecule has 68 valence electrons. The monoisotopic (exact) mass is 194 g/mol. The lowest BCUT2D eigenvalue weighted by Gasteiger charge is -2.04. The van der Waals surface area contributed by atoms with E-state index >= 15 is 0 Å². The van der Waals surface area contributed by atoms with Crippen LogP contribution in [0.15, 0.2) is 36.2 Å². The van der Waals surface area contributed by atoms with Crippen molar-refractivity contribution >= 4 is 23.3 Å². The lowest BCUT2D eigenvalue weighted by molar-refractivity contribution is 0.421. The van der Waals surface area contributed by atoms with Crippen molar-refractivity contribution in [2.45, 2.75) is 0 Å². The van der Waals surface area contributed by atoms with Crippen LogP contribution in [-0.2, 0) is 0 Å². The second-order valence-corrected chi connectivity index (χ2v) is 2.65. The van der Waals surface area contributed by atoms with E-state index in [9.17, 15) is 0 Å². The summed E-state index contributed by atoms with van der Waals surface area (Å²) >= 11 is 4.58. The van der Waals surface area contributed by atoms with Gasteiger partial charge in [-0.2, -0.15) is 0 Å². The fourth-order valence-electron chi connectivity index (χ4n) is 0.773. The van der Waals surface area contributed by atoms with Crippen molar-refractivity contribution in [3.8, 4) is 5.75 Å². The molecule has 0 bridgehead atoms. The van der Waals surface area contributed by atoms with Gasteiger partial charge < -0.3 is 16.2 Å². The normalized spacial score (nSPS) is 10.9. The quantitative estimate of drug-likeness (QED) is 0.331. The summed E-state index contributed by atoms with van der Waals surface area (Å²) in [5.74, 6) is 0.902. The SMILES string of the molecule is N/C(=C\C=S)Oc1ccc(N)cc1. The van der Waals surface area contributed by atoms with E-state index in [1.54, 1.807) is 24.3 Å². The van der Waals surface area contributed by atoms with Gasteiger partial charge in [0.15, 0.2) is 5.88 Å². The second-order valence-electron chi connectivity index (χ2n) is 2.38. The van der Waals surface area contributed by atoms with Crippen LogP contribution in [0.5, 0.6) is 5.75 Å². The summed E-state index contributed by atoms with van der Waals surface area (Å²) in [7, 11) is 0. The van der Waals surface area contributed by atoms with Gasteiger partial charge >= 0.3 is 0 Å². The van der Waals surface area contributed by atoms with Crippen molar-refractivity contribution in [2.75, 3.05) is 5.73 Å². The van der Waals surface area contributed by atoms with Gasteiger partial charge in [-0.1, -0.05) is 12.2 Å². The zero-order valence-corrected chi connectivity index (χ0v) is 7.75. The third kappa shape index (κ3) is 3.13. The Kier molecular flexibility index (Phi) is 3.28. The van der Waals surface area contributed by atoms with Crippen molar-refractivity contribution in [3.05, 3.63) is 36.2 Å². The number of rotatable bonds is 3. The molecule has 13 heavy (non-hydrogen) atoms. The molecule has 0 spiro atoms. The van der Waals surface area contributed by atoms with Crippen LogP contribution in [0.25, 0.3) is 0 Å². The molecule has 1 aromatic carbocycles. The first kappa shape index (κ1) is 9.54. The molecule has 0 fully saturated rings. The first-order valence-corrected chi connectivity index (χ1v) is 4.14. The van der Waals surface area contributed by atoms with Crippen LogP contribution in [0.2, 0.25) is 0 Å². The molecule has 0 aliphatic rings. The highest BCUT2D eigenvalue weighted by Crippen LogP contribution is 2.14. The molecule has 0 atom stereocenters. The average Bonchev–Trinajstić information content (AvgIpc) is 2.09. The summed E-state index contributed by atoms with van der Waals surface area (Å²) in [5.41, 5.74) is 11.6. The van der Waals surface area contributed by atoms with E-state index in [2.05, 4.69) is 12.2 Å². The van der Waals surface area contributed by atoms with E-state index in [0.717, 1.165) is 0 Å². The Hall–Kier alpha value is -1.55. The summed E-state index contributed by atoms with van der Waals surface area (Å²) in [5, 5.41) is 1.40. The molecule has 3 nitrogen and oxygen atoms in total. The lowest BCUT2D eigenvalue weighted by atomic mass is 10.3. The lowest BCUT2D eigenvalue weighted by Crippen LogP contribution is -2.05.